The summed E-state index contributed by atoms with van der Waals surface area (Å²) in [6, 6.07) is 72.8. The fourth-order valence-electron chi connectivity index (χ4n) is 7.30. The minimum atomic E-state index is -0.159. The molecule has 0 aromatic heterocycles. The smallest absolute Gasteiger partial charge is 0.138 e. The van der Waals surface area contributed by atoms with E-state index >= 15 is 0 Å². The van der Waals surface area contributed by atoms with Crippen LogP contribution in [0.2, 0.25) is 0 Å². The maximum absolute atomic E-state index is 10.7. The fourth-order valence-corrected chi connectivity index (χ4v) is 7.30. The largest absolute Gasteiger partial charge is 0.457 e. The molecule has 7 aromatic carbocycles. The molecule has 0 saturated carbocycles. The number of anilines is 6. The third-order valence-electron chi connectivity index (χ3n) is 10.3. The molecule has 298 valence electrons. The van der Waals surface area contributed by atoms with Crippen molar-refractivity contribution in [1.82, 2.24) is 0 Å². The molecule has 7 aromatic rings. The number of para-hydroxylation sites is 4. The lowest BCUT2D eigenvalue weighted by Crippen LogP contribution is -2.09. The standard InChI is InChI=1S/C57H39N5O/c58-40-47(41-59)57(45-16-6-1-7-17-45)56(42-60)46-38-54(36-30-43-26-32-52(33-27-43)61(48-18-8-2-9-19-48)49-20-10-3-11-21-49)63-55(39-46)37-31-44-28-34-53(35-29-44)62(50-22-12-4-13-23-50)51-24-14-5-15-25-51/h1-39H/b36-30+,37-31+. The maximum atomic E-state index is 10.7. The average molecular weight is 810 g/mol. The van der Waals surface area contributed by atoms with Crippen molar-refractivity contribution < 1.29 is 4.74 Å². The average Bonchev–Trinajstić information content (AvgIpc) is 3.35. The van der Waals surface area contributed by atoms with Crippen molar-refractivity contribution in [2.24, 2.45) is 0 Å². The third kappa shape index (κ3) is 9.67. The molecule has 1 aliphatic heterocycles. The summed E-state index contributed by atoms with van der Waals surface area (Å²) < 4.78 is 6.45. The number of rotatable bonds is 12. The Balaban J connectivity index is 1.13. The van der Waals surface area contributed by atoms with Crippen molar-refractivity contribution in [3.63, 3.8) is 0 Å². The second-order valence-corrected chi connectivity index (χ2v) is 14.3. The highest BCUT2D eigenvalue weighted by molar-refractivity contribution is 5.91. The van der Waals surface area contributed by atoms with E-state index in [4.69, 9.17) is 4.74 Å². The minimum Gasteiger partial charge on any atom is -0.457 e. The predicted octanol–water partition coefficient (Wildman–Crippen LogP) is 14.5. The van der Waals surface area contributed by atoms with Gasteiger partial charge in [-0.25, -0.2) is 0 Å². The number of hydrogen-bond donors (Lipinski definition) is 0. The Bertz CT molecular complexity index is 2750. The van der Waals surface area contributed by atoms with E-state index in [1.54, 1.807) is 24.3 Å². The van der Waals surface area contributed by atoms with Crippen LogP contribution in [0.5, 0.6) is 0 Å². The van der Waals surface area contributed by atoms with Gasteiger partial charge in [0, 0.05) is 45.3 Å². The Morgan fingerprint density at radius 3 is 1.05 bits per heavy atom. The zero-order valence-corrected chi connectivity index (χ0v) is 34.2. The first-order chi connectivity index (χ1) is 31.1. The van der Waals surface area contributed by atoms with Gasteiger partial charge in [-0.05, 0) is 114 Å². The summed E-state index contributed by atoms with van der Waals surface area (Å²) in [6.45, 7) is 0. The van der Waals surface area contributed by atoms with E-state index in [-0.39, 0.29) is 16.7 Å². The van der Waals surface area contributed by atoms with Crippen LogP contribution in [0.25, 0.3) is 17.7 Å². The maximum Gasteiger partial charge on any atom is 0.138 e. The molecule has 6 heteroatoms. The van der Waals surface area contributed by atoms with Gasteiger partial charge in [0.05, 0.1) is 5.57 Å². The van der Waals surface area contributed by atoms with E-state index in [0.29, 0.717) is 22.7 Å². The van der Waals surface area contributed by atoms with E-state index in [1.165, 1.54) is 0 Å². The van der Waals surface area contributed by atoms with Crippen LogP contribution in [-0.2, 0) is 4.74 Å². The van der Waals surface area contributed by atoms with Crippen LogP contribution < -0.4 is 9.80 Å². The van der Waals surface area contributed by atoms with Crippen LogP contribution in [0, 0.1) is 34.0 Å². The number of nitriles is 3. The zero-order chi connectivity index (χ0) is 43.2. The molecule has 0 saturated heterocycles. The van der Waals surface area contributed by atoms with Crippen molar-refractivity contribution in [2.45, 2.75) is 0 Å². The number of nitrogens with zero attached hydrogens (tertiary/aromatic N) is 5. The molecule has 1 heterocycles. The third-order valence-corrected chi connectivity index (χ3v) is 10.3. The lowest BCUT2D eigenvalue weighted by Gasteiger charge is -2.25. The second kappa shape index (κ2) is 19.7. The Hall–Kier alpha value is -9.15. The van der Waals surface area contributed by atoms with Gasteiger partial charge < -0.3 is 14.5 Å². The number of ether oxygens (including phenoxy) is 1. The van der Waals surface area contributed by atoms with Crippen LogP contribution in [0.3, 0.4) is 0 Å². The van der Waals surface area contributed by atoms with Crippen molar-refractivity contribution in [1.29, 1.82) is 15.8 Å². The topological polar surface area (TPSA) is 87.1 Å². The van der Waals surface area contributed by atoms with Gasteiger partial charge in [-0.3, -0.25) is 0 Å². The lowest BCUT2D eigenvalue weighted by atomic mass is 9.90. The van der Waals surface area contributed by atoms with Crippen LogP contribution >= 0.6 is 0 Å². The molecule has 8 rings (SSSR count). The van der Waals surface area contributed by atoms with Gasteiger partial charge in [-0.2, -0.15) is 15.8 Å². The first kappa shape index (κ1) is 40.6. The quantitative estimate of drug-likeness (QED) is 0.114. The Labute approximate surface area is 368 Å². The normalized spacial score (nSPS) is 11.9. The molecular weight excluding hydrogens is 771 g/mol. The summed E-state index contributed by atoms with van der Waals surface area (Å²) in [5.41, 5.74) is 9.42. The zero-order valence-electron chi connectivity index (χ0n) is 34.2. The summed E-state index contributed by atoms with van der Waals surface area (Å²) in [6.07, 6.45) is 11.1. The molecule has 0 amide bonds. The molecule has 0 fully saturated rings. The van der Waals surface area contributed by atoms with Crippen molar-refractivity contribution >= 4 is 51.8 Å². The summed E-state index contributed by atoms with van der Waals surface area (Å²) in [7, 11) is 0. The van der Waals surface area contributed by atoms with E-state index in [0.717, 1.165) is 45.3 Å². The molecule has 63 heavy (non-hydrogen) atoms. The summed E-state index contributed by atoms with van der Waals surface area (Å²) in [4.78, 5) is 4.41. The van der Waals surface area contributed by atoms with Gasteiger partial charge in [-0.1, -0.05) is 140 Å². The number of allylic oxidation sites excluding steroid dienone is 8. The molecular formula is C57H39N5O. The Morgan fingerprint density at radius 2 is 0.714 bits per heavy atom. The number of benzene rings is 7. The first-order valence-electron chi connectivity index (χ1n) is 20.3. The van der Waals surface area contributed by atoms with E-state index in [2.05, 4.69) is 88.7 Å². The molecule has 0 aliphatic carbocycles. The fraction of sp³-hybridized carbons (Fsp3) is 0. The molecule has 0 N–H and O–H groups in total. The van der Waals surface area contributed by atoms with Crippen LogP contribution in [-0.4, -0.2) is 0 Å². The van der Waals surface area contributed by atoms with Gasteiger partial charge in [0.1, 0.15) is 35.3 Å². The highest BCUT2D eigenvalue weighted by Gasteiger charge is 2.20. The Morgan fingerprint density at radius 1 is 0.381 bits per heavy atom. The number of hydrogen-bond acceptors (Lipinski definition) is 6. The van der Waals surface area contributed by atoms with Gasteiger partial charge in [0.25, 0.3) is 0 Å². The summed E-state index contributed by atoms with van der Waals surface area (Å²) in [5.74, 6) is 0.942. The van der Waals surface area contributed by atoms with Crippen LogP contribution in [0.1, 0.15) is 16.7 Å². The van der Waals surface area contributed by atoms with E-state index < -0.39 is 0 Å². The van der Waals surface area contributed by atoms with E-state index in [1.807, 2.05) is 152 Å². The first-order valence-corrected chi connectivity index (χ1v) is 20.3. The van der Waals surface area contributed by atoms with Gasteiger partial charge in [0.15, 0.2) is 0 Å². The highest BCUT2D eigenvalue weighted by atomic mass is 16.5. The molecule has 0 unspecified atom stereocenters. The lowest BCUT2D eigenvalue weighted by molar-refractivity contribution is 0.332. The molecule has 0 spiro atoms. The van der Waals surface area contributed by atoms with Gasteiger partial charge >= 0.3 is 0 Å². The van der Waals surface area contributed by atoms with Crippen LogP contribution in [0.4, 0.5) is 34.1 Å². The highest BCUT2D eigenvalue weighted by Crippen LogP contribution is 2.37. The molecule has 6 nitrogen and oxygen atoms in total. The SMILES string of the molecule is N#CC(C#N)=C(C(C#N)=C1C=C(/C=C/c2ccc(N(c3ccccc3)c3ccccc3)cc2)OC(/C=C/c2ccc(N(c3ccccc3)c3ccccc3)cc2)=C1)c1ccccc1. The Kier molecular flexibility index (Phi) is 12.7. The van der Waals surface area contributed by atoms with Crippen LogP contribution in [0.15, 0.2) is 253 Å². The van der Waals surface area contributed by atoms with E-state index in [9.17, 15) is 15.8 Å². The van der Waals surface area contributed by atoms with Gasteiger partial charge in [0.2, 0.25) is 0 Å². The second-order valence-electron chi connectivity index (χ2n) is 14.3. The summed E-state index contributed by atoms with van der Waals surface area (Å²) in [5, 5.41) is 30.8. The van der Waals surface area contributed by atoms with Crippen molar-refractivity contribution in [3.05, 3.63) is 269 Å². The monoisotopic (exact) mass is 809 g/mol. The molecule has 0 radical (unpaired) electrons. The molecule has 0 atom stereocenters. The minimum absolute atomic E-state index is 0.159. The predicted molar refractivity (Wildman–Crippen MR) is 255 cm³/mol. The molecule has 1 aliphatic rings. The van der Waals surface area contributed by atoms with Crippen molar-refractivity contribution in [2.75, 3.05) is 9.80 Å². The summed E-state index contributed by atoms with van der Waals surface area (Å²) >= 11 is 0. The van der Waals surface area contributed by atoms with Gasteiger partial charge in [-0.15, -0.1) is 0 Å². The van der Waals surface area contributed by atoms with Crippen molar-refractivity contribution in [3.8, 4) is 18.2 Å². The molecule has 0 bridgehead atoms.